The minimum Gasteiger partial charge on any atom is -0.485 e. The predicted octanol–water partition coefficient (Wildman–Crippen LogP) is 4.70. The number of allylic oxidation sites excluding steroid dienone is 1. The summed E-state index contributed by atoms with van der Waals surface area (Å²) in [5, 5.41) is 0. The Balaban J connectivity index is 1.50. The first-order valence-corrected chi connectivity index (χ1v) is 8.66. The van der Waals surface area contributed by atoms with Gasteiger partial charge in [-0.25, -0.2) is 4.39 Å². The fourth-order valence-corrected chi connectivity index (χ4v) is 2.85. The minimum atomic E-state index is -0.439. The van der Waals surface area contributed by atoms with E-state index in [-0.39, 0.29) is 29.5 Å². The van der Waals surface area contributed by atoms with Crippen LogP contribution < -0.4 is 9.47 Å². The van der Waals surface area contributed by atoms with Gasteiger partial charge in [-0.15, -0.1) is 0 Å². The molecule has 0 aromatic heterocycles. The van der Waals surface area contributed by atoms with E-state index >= 15 is 0 Å². The average molecular weight is 374 g/mol. The topological polar surface area (TPSA) is 52.6 Å². The number of hydrogen-bond donors (Lipinski definition) is 0. The number of benzene rings is 3. The second kappa shape index (κ2) is 7.48. The number of carbonyl (C=O) groups is 2. The molecule has 0 spiro atoms. The number of halogens is 1. The zero-order valence-corrected chi connectivity index (χ0v) is 14.7. The molecular weight excluding hydrogens is 359 g/mol. The largest absolute Gasteiger partial charge is 0.485 e. The molecule has 1 aliphatic heterocycles. The standard InChI is InChI=1S/C23H15FO4/c24-19-9-5-4-8-16(19)12-22-23(26)18-11-10-17(13-21(18)28-22)27-14-20(25)15-6-2-1-3-7-15/h1-13H,14H2/b22-12-. The number of ether oxygens (including phenoxy) is 2. The third kappa shape index (κ3) is 3.55. The monoisotopic (exact) mass is 374 g/mol. The van der Waals surface area contributed by atoms with Crippen molar-refractivity contribution in [2.45, 2.75) is 0 Å². The van der Waals surface area contributed by atoms with Crippen LogP contribution in [-0.2, 0) is 0 Å². The Labute approximate surface area is 160 Å². The summed E-state index contributed by atoms with van der Waals surface area (Å²) in [6, 6.07) is 19.7. The van der Waals surface area contributed by atoms with E-state index in [0.29, 0.717) is 22.6 Å². The number of Topliss-reactive ketones (excluding diaryl/α,β-unsaturated/α-hetero) is 2. The van der Waals surface area contributed by atoms with Crippen LogP contribution in [-0.4, -0.2) is 18.2 Å². The summed E-state index contributed by atoms with van der Waals surface area (Å²) >= 11 is 0. The van der Waals surface area contributed by atoms with Gasteiger partial charge in [0, 0.05) is 17.2 Å². The molecule has 0 atom stereocenters. The smallest absolute Gasteiger partial charge is 0.231 e. The fourth-order valence-electron chi connectivity index (χ4n) is 2.85. The molecule has 0 fully saturated rings. The third-order valence-electron chi connectivity index (χ3n) is 4.30. The second-order valence-corrected chi connectivity index (χ2v) is 6.20. The number of fused-ring (bicyclic) bond motifs is 1. The summed E-state index contributed by atoms with van der Waals surface area (Å²) in [4.78, 5) is 24.6. The van der Waals surface area contributed by atoms with Crippen LogP contribution in [0, 0.1) is 5.82 Å². The maximum atomic E-state index is 13.8. The molecule has 3 aromatic rings. The summed E-state index contributed by atoms with van der Waals surface area (Å²) in [7, 11) is 0. The van der Waals surface area contributed by atoms with E-state index in [4.69, 9.17) is 9.47 Å². The van der Waals surface area contributed by atoms with Crippen molar-refractivity contribution < 1.29 is 23.5 Å². The Kier molecular flexibility index (Phi) is 4.72. The first-order valence-electron chi connectivity index (χ1n) is 8.66. The molecule has 0 aliphatic carbocycles. The van der Waals surface area contributed by atoms with Crippen LogP contribution in [0.2, 0.25) is 0 Å². The summed E-state index contributed by atoms with van der Waals surface area (Å²) < 4.78 is 24.9. The third-order valence-corrected chi connectivity index (χ3v) is 4.30. The normalized spacial score (nSPS) is 13.9. The zero-order chi connectivity index (χ0) is 19.5. The van der Waals surface area contributed by atoms with Crippen LogP contribution in [0.15, 0.2) is 78.6 Å². The Morgan fingerprint density at radius 3 is 2.54 bits per heavy atom. The second-order valence-electron chi connectivity index (χ2n) is 6.20. The summed E-state index contributed by atoms with van der Waals surface area (Å²) in [6.45, 7) is -0.130. The molecule has 0 amide bonds. The van der Waals surface area contributed by atoms with E-state index in [1.807, 2.05) is 6.07 Å². The van der Waals surface area contributed by atoms with Gasteiger partial charge < -0.3 is 9.47 Å². The SMILES string of the molecule is O=C(COc1ccc2c(c1)O/C(=C\c1ccccc1F)C2=O)c1ccccc1. The molecule has 0 saturated heterocycles. The van der Waals surface area contributed by atoms with E-state index in [9.17, 15) is 14.0 Å². The molecule has 0 N–H and O–H groups in total. The van der Waals surface area contributed by atoms with Gasteiger partial charge in [0.05, 0.1) is 5.56 Å². The van der Waals surface area contributed by atoms with Crippen LogP contribution in [0.1, 0.15) is 26.3 Å². The van der Waals surface area contributed by atoms with Gasteiger partial charge in [0.1, 0.15) is 17.3 Å². The van der Waals surface area contributed by atoms with Crippen LogP contribution in [0.4, 0.5) is 4.39 Å². The average Bonchev–Trinajstić information content (AvgIpc) is 3.03. The Morgan fingerprint density at radius 1 is 1.00 bits per heavy atom. The summed E-state index contributed by atoms with van der Waals surface area (Å²) in [5.41, 5.74) is 1.19. The lowest BCUT2D eigenvalue weighted by Crippen LogP contribution is -2.11. The Hall–Kier alpha value is -3.73. The van der Waals surface area contributed by atoms with Gasteiger partial charge in [-0.2, -0.15) is 0 Å². The minimum absolute atomic E-state index is 0.0395. The van der Waals surface area contributed by atoms with Crippen molar-refractivity contribution in [3.05, 3.63) is 101 Å². The Morgan fingerprint density at radius 2 is 1.75 bits per heavy atom. The van der Waals surface area contributed by atoms with Crippen molar-refractivity contribution in [3.8, 4) is 11.5 Å². The van der Waals surface area contributed by atoms with Gasteiger partial charge in [0.25, 0.3) is 0 Å². The van der Waals surface area contributed by atoms with Gasteiger partial charge in [-0.05, 0) is 24.3 Å². The molecule has 1 aliphatic rings. The molecule has 1 heterocycles. The first-order chi connectivity index (χ1) is 13.6. The number of rotatable bonds is 5. The van der Waals surface area contributed by atoms with E-state index < -0.39 is 5.82 Å². The van der Waals surface area contributed by atoms with Crippen molar-refractivity contribution in [1.82, 2.24) is 0 Å². The highest BCUT2D eigenvalue weighted by atomic mass is 19.1. The van der Waals surface area contributed by atoms with Gasteiger partial charge in [0.15, 0.2) is 18.1 Å². The molecule has 5 heteroatoms. The molecule has 0 radical (unpaired) electrons. The molecule has 0 bridgehead atoms. The maximum absolute atomic E-state index is 13.8. The first kappa shape index (κ1) is 17.7. The van der Waals surface area contributed by atoms with E-state index in [1.165, 1.54) is 12.1 Å². The van der Waals surface area contributed by atoms with Crippen LogP contribution in [0.5, 0.6) is 11.5 Å². The molecule has 0 saturated carbocycles. The van der Waals surface area contributed by atoms with Gasteiger partial charge >= 0.3 is 0 Å². The number of ketones is 2. The van der Waals surface area contributed by atoms with Crippen molar-refractivity contribution in [3.63, 3.8) is 0 Å². The molecular formula is C23H15FO4. The van der Waals surface area contributed by atoms with Crippen LogP contribution in [0.3, 0.4) is 0 Å². The molecule has 0 unspecified atom stereocenters. The lowest BCUT2D eigenvalue weighted by molar-refractivity contribution is 0.0921. The molecule has 138 valence electrons. The highest BCUT2D eigenvalue weighted by Crippen LogP contribution is 2.35. The number of hydrogen-bond acceptors (Lipinski definition) is 4. The zero-order valence-electron chi connectivity index (χ0n) is 14.7. The van der Waals surface area contributed by atoms with E-state index in [0.717, 1.165) is 0 Å². The molecule has 4 rings (SSSR count). The highest BCUT2D eigenvalue weighted by Gasteiger charge is 2.28. The van der Waals surface area contributed by atoms with Gasteiger partial charge in [0.2, 0.25) is 5.78 Å². The Bertz CT molecular complexity index is 1090. The quantitative estimate of drug-likeness (QED) is 0.480. The van der Waals surface area contributed by atoms with Crippen molar-refractivity contribution in [2.75, 3.05) is 6.61 Å². The maximum Gasteiger partial charge on any atom is 0.231 e. The van der Waals surface area contributed by atoms with E-state index in [2.05, 4.69) is 0 Å². The molecule has 4 nitrogen and oxygen atoms in total. The molecule has 3 aromatic carbocycles. The van der Waals surface area contributed by atoms with E-state index in [1.54, 1.807) is 60.7 Å². The predicted molar refractivity (Wildman–Crippen MR) is 102 cm³/mol. The van der Waals surface area contributed by atoms with Gasteiger partial charge in [-0.3, -0.25) is 9.59 Å². The summed E-state index contributed by atoms with van der Waals surface area (Å²) in [6.07, 6.45) is 1.37. The highest BCUT2D eigenvalue weighted by molar-refractivity contribution is 6.14. The van der Waals surface area contributed by atoms with Crippen LogP contribution >= 0.6 is 0 Å². The molecule has 28 heavy (non-hydrogen) atoms. The lowest BCUT2D eigenvalue weighted by Gasteiger charge is -2.06. The van der Waals surface area contributed by atoms with Crippen LogP contribution in [0.25, 0.3) is 6.08 Å². The van der Waals surface area contributed by atoms with Crippen molar-refractivity contribution in [1.29, 1.82) is 0 Å². The van der Waals surface area contributed by atoms with Gasteiger partial charge in [-0.1, -0.05) is 48.5 Å². The summed E-state index contributed by atoms with van der Waals surface area (Å²) in [5.74, 6) is -0.160. The lowest BCUT2D eigenvalue weighted by atomic mass is 10.1. The van der Waals surface area contributed by atoms with Crippen molar-refractivity contribution >= 4 is 17.6 Å². The van der Waals surface area contributed by atoms with Crippen molar-refractivity contribution in [2.24, 2.45) is 0 Å². The fraction of sp³-hybridized carbons (Fsp3) is 0.0435. The number of carbonyl (C=O) groups excluding carboxylic acids is 2.